The normalized spacial score (nSPS) is 10.7. The topological polar surface area (TPSA) is 42.2 Å². The van der Waals surface area contributed by atoms with Gasteiger partial charge in [-0.3, -0.25) is 0 Å². The van der Waals surface area contributed by atoms with Crippen molar-refractivity contribution in [1.82, 2.24) is 4.57 Å². The second-order valence-electron chi connectivity index (χ2n) is 3.50. The molecule has 0 aliphatic carbocycles. The van der Waals surface area contributed by atoms with E-state index in [0.717, 1.165) is 14.7 Å². The first-order valence-corrected chi connectivity index (χ1v) is 7.29. The van der Waals surface area contributed by atoms with E-state index in [2.05, 4.69) is 31.9 Å². The Balaban J connectivity index is 2.11. The molecule has 0 spiro atoms. The summed E-state index contributed by atoms with van der Waals surface area (Å²) in [7, 11) is 0. The lowest BCUT2D eigenvalue weighted by molar-refractivity contribution is 0.0685. The molecule has 0 amide bonds. The molecule has 90 valence electrons. The van der Waals surface area contributed by atoms with Crippen LogP contribution in [-0.4, -0.2) is 15.6 Å². The van der Waals surface area contributed by atoms with E-state index in [1.165, 1.54) is 4.88 Å². The summed E-state index contributed by atoms with van der Waals surface area (Å²) >= 11 is 8.38. The summed E-state index contributed by atoms with van der Waals surface area (Å²) < 4.78 is 3.64. The van der Waals surface area contributed by atoms with Gasteiger partial charge in [-0.25, -0.2) is 4.79 Å². The monoisotopic (exact) mass is 377 g/mol. The molecule has 6 heteroatoms. The molecule has 0 bridgehead atoms. The Labute approximate surface area is 119 Å². The van der Waals surface area contributed by atoms with Gasteiger partial charge < -0.3 is 9.67 Å². The number of carbonyl (C=O) groups is 1. The zero-order valence-electron chi connectivity index (χ0n) is 8.69. The zero-order valence-corrected chi connectivity index (χ0v) is 12.7. The van der Waals surface area contributed by atoms with E-state index in [1.54, 1.807) is 28.2 Å². The molecule has 0 aliphatic heterocycles. The van der Waals surface area contributed by atoms with Gasteiger partial charge in [0.1, 0.15) is 5.69 Å². The third-order valence-corrected chi connectivity index (χ3v) is 4.43. The molecule has 0 aromatic carbocycles. The number of halogens is 2. The van der Waals surface area contributed by atoms with Crippen LogP contribution in [0.2, 0.25) is 0 Å². The van der Waals surface area contributed by atoms with Crippen LogP contribution < -0.4 is 0 Å². The van der Waals surface area contributed by atoms with Crippen LogP contribution in [0.25, 0.3) is 0 Å². The number of hydrogen-bond donors (Lipinski definition) is 1. The van der Waals surface area contributed by atoms with Crippen molar-refractivity contribution in [3.63, 3.8) is 0 Å². The maximum atomic E-state index is 11.0. The molecule has 0 aliphatic rings. The molecule has 2 aromatic rings. The van der Waals surface area contributed by atoms with E-state index < -0.39 is 5.97 Å². The fraction of sp³-hybridized carbons (Fsp3) is 0.182. The number of thiophene rings is 1. The predicted molar refractivity (Wildman–Crippen MR) is 74.8 cm³/mol. The first-order chi connectivity index (χ1) is 8.06. The molecule has 0 radical (unpaired) electrons. The van der Waals surface area contributed by atoms with Crippen molar-refractivity contribution in [2.75, 3.05) is 0 Å². The summed E-state index contributed by atoms with van der Waals surface area (Å²) in [6.45, 7) is 0.667. The Morgan fingerprint density at radius 2 is 2.18 bits per heavy atom. The number of aromatic nitrogens is 1. The van der Waals surface area contributed by atoms with E-state index in [9.17, 15) is 4.79 Å². The maximum Gasteiger partial charge on any atom is 0.352 e. The van der Waals surface area contributed by atoms with E-state index in [1.807, 2.05) is 12.1 Å². The van der Waals surface area contributed by atoms with Crippen molar-refractivity contribution < 1.29 is 9.90 Å². The Kier molecular flexibility index (Phi) is 4.06. The van der Waals surface area contributed by atoms with Crippen LogP contribution in [0.15, 0.2) is 32.7 Å². The lowest BCUT2D eigenvalue weighted by Gasteiger charge is -2.04. The van der Waals surface area contributed by atoms with Crippen molar-refractivity contribution in [3.8, 4) is 0 Å². The van der Waals surface area contributed by atoms with Crippen LogP contribution in [0.4, 0.5) is 0 Å². The molecule has 0 atom stereocenters. The molecule has 0 saturated heterocycles. The number of hydrogen-bond acceptors (Lipinski definition) is 2. The lowest BCUT2D eigenvalue weighted by Crippen LogP contribution is -2.08. The van der Waals surface area contributed by atoms with E-state index in [-0.39, 0.29) is 0 Å². The number of carboxylic acids is 1. The van der Waals surface area contributed by atoms with Gasteiger partial charge in [-0.15, -0.1) is 11.3 Å². The number of carboxylic acid groups (broad SMARTS) is 1. The molecule has 2 rings (SSSR count). The first kappa shape index (κ1) is 12.9. The molecule has 3 nitrogen and oxygen atoms in total. The number of aryl methyl sites for hydroxylation is 2. The van der Waals surface area contributed by atoms with Crippen LogP contribution in [0.1, 0.15) is 15.4 Å². The van der Waals surface area contributed by atoms with Gasteiger partial charge in [0.15, 0.2) is 0 Å². The highest BCUT2D eigenvalue weighted by Crippen LogP contribution is 2.23. The maximum absolute atomic E-state index is 11.0. The second-order valence-corrected chi connectivity index (χ2v) is 6.96. The Hall–Kier alpha value is -0.590. The fourth-order valence-corrected chi connectivity index (χ4v) is 3.49. The highest BCUT2D eigenvalue weighted by atomic mass is 79.9. The fourth-order valence-electron chi connectivity index (χ4n) is 1.56. The summed E-state index contributed by atoms with van der Waals surface area (Å²) in [5, 5.41) is 9.03. The Morgan fingerprint density at radius 1 is 1.41 bits per heavy atom. The van der Waals surface area contributed by atoms with Gasteiger partial charge in [-0.05, 0) is 56.5 Å². The molecule has 0 saturated carbocycles. The minimum absolute atomic E-state index is 0.312. The largest absolute Gasteiger partial charge is 0.477 e. The van der Waals surface area contributed by atoms with Crippen molar-refractivity contribution >= 4 is 49.2 Å². The Bertz CT molecular complexity index is 547. The lowest BCUT2D eigenvalue weighted by atomic mass is 10.3. The van der Waals surface area contributed by atoms with Gasteiger partial charge in [0.05, 0.1) is 3.79 Å². The van der Waals surface area contributed by atoms with Gasteiger partial charge >= 0.3 is 5.97 Å². The summed E-state index contributed by atoms with van der Waals surface area (Å²) in [5.41, 5.74) is 0.312. The smallest absolute Gasteiger partial charge is 0.352 e. The van der Waals surface area contributed by atoms with Crippen LogP contribution in [0.5, 0.6) is 0 Å². The van der Waals surface area contributed by atoms with E-state index in [4.69, 9.17) is 5.11 Å². The van der Waals surface area contributed by atoms with Crippen molar-refractivity contribution in [2.45, 2.75) is 13.0 Å². The number of nitrogens with zero attached hydrogens (tertiary/aromatic N) is 1. The van der Waals surface area contributed by atoms with E-state index >= 15 is 0 Å². The quantitative estimate of drug-likeness (QED) is 0.873. The van der Waals surface area contributed by atoms with Gasteiger partial charge in [0.2, 0.25) is 0 Å². The molecule has 17 heavy (non-hydrogen) atoms. The third kappa shape index (κ3) is 3.20. The molecule has 0 unspecified atom stereocenters. The van der Waals surface area contributed by atoms with Crippen molar-refractivity contribution in [3.05, 3.63) is 43.2 Å². The molecular weight excluding hydrogens is 370 g/mol. The van der Waals surface area contributed by atoms with Crippen molar-refractivity contribution in [1.29, 1.82) is 0 Å². The third-order valence-electron chi connectivity index (χ3n) is 2.31. The highest BCUT2D eigenvalue weighted by Gasteiger charge is 2.11. The summed E-state index contributed by atoms with van der Waals surface area (Å²) in [6, 6.07) is 5.67. The minimum atomic E-state index is -0.900. The van der Waals surface area contributed by atoms with Crippen LogP contribution >= 0.6 is 43.2 Å². The molecule has 1 N–H and O–H groups in total. The second kappa shape index (κ2) is 5.37. The van der Waals surface area contributed by atoms with Crippen LogP contribution in [0, 0.1) is 0 Å². The zero-order chi connectivity index (χ0) is 12.4. The molecule has 0 fully saturated rings. The first-order valence-electron chi connectivity index (χ1n) is 4.89. The van der Waals surface area contributed by atoms with Gasteiger partial charge in [0.25, 0.3) is 0 Å². The van der Waals surface area contributed by atoms with Gasteiger partial charge in [-0.2, -0.15) is 0 Å². The standard InChI is InChI=1S/C11H9Br2NO2S/c12-7-5-9(11(15)16)14(6-7)4-3-8-1-2-10(13)17-8/h1-2,5-6H,3-4H2,(H,15,16). The average molecular weight is 379 g/mol. The summed E-state index contributed by atoms with van der Waals surface area (Å²) in [6.07, 6.45) is 2.63. The summed E-state index contributed by atoms with van der Waals surface area (Å²) in [4.78, 5) is 12.2. The number of aromatic carboxylic acids is 1. The molecule has 2 heterocycles. The van der Waals surface area contributed by atoms with Crippen LogP contribution in [0.3, 0.4) is 0 Å². The molecule has 2 aromatic heterocycles. The van der Waals surface area contributed by atoms with Gasteiger partial charge in [0, 0.05) is 22.1 Å². The predicted octanol–water partition coefficient (Wildman–Crippen LogP) is 4.02. The Morgan fingerprint density at radius 3 is 2.76 bits per heavy atom. The van der Waals surface area contributed by atoms with Crippen LogP contribution in [-0.2, 0) is 13.0 Å². The summed E-state index contributed by atoms with van der Waals surface area (Å²) in [5.74, 6) is -0.900. The van der Waals surface area contributed by atoms with E-state index in [0.29, 0.717) is 12.2 Å². The minimum Gasteiger partial charge on any atom is -0.477 e. The highest BCUT2D eigenvalue weighted by molar-refractivity contribution is 9.11. The number of rotatable bonds is 4. The SMILES string of the molecule is O=C(O)c1cc(Br)cn1CCc1ccc(Br)s1. The van der Waals surface area contributed by atoms with Gasteiger partial charge in [-0.1, -0.05) is 0 Å². The van der Waals surface area contributed by atoms with Crippen molar-refractivity contribution in [2.24, 2.45) is 0 Å². The molecular formula is C11H9Br2NO2S. The average Bonchev–Trinajstić information content (AvgIpc) is 2.82.